The van der Waals surface area contributed by atoms with Gasteiger partial charge in [-0.1, -0.05) is 45.9 Å². The highest BCUT2D eigenvalue weighted by Crippen LogP contribution is 2.08. The van der Waals surface area contributed by atoms with Crippen molar-refractivity contribution in [3.8, 4) is 0 Å². The molecule has 2 nitrogen and oxygen atoms in total. The summed E-state index contributed by atoms with van der Waals surface area (Å²) >= 11 is 0. The van der Waals surface area contributed by atoms with Gasteiger partial charge in [-0.2, -0.15) is 0 Å². The molecule has 0 N–H and O–H groups in total. The Balaban J connectivity index is 0.000000442. The predicted octanol–water partition coefficient (Wildman–Crippen LogP) is 3.99. The van der Waals surface area contributed by atoms with Gasteiger partial charge in [-0.25, -0.2) is 9.97 Å². The number of rotatable bonds is 0. The maximum Gasteiger partial charge on any atom is 0.125 e. The summed E-state index contributed by atoms with van der Waals surface area (Å²) in [6, 6.07) is 7.97. The van der Waals surface area contributed by atoms with Gasteiger partial charge in [0.1, 0.15) is 5.82 Å². The second-order valence-corrected chi connectivity index (χ2v) is 2.48. The van der Waals surface area contributed by atoms with Crippen LogP contribution in [0.25, 0.3) is 10.9 Å². The molecule has 0 aliphatic heterocycles. The van der Waals surface area contributed by atoms with Crippen molar-refractivity contribution in [3.05, 3.63) is 36.3 Å². The van der Waals surface area contributed by atoms with Gasteiger partial charge in [0.2, 0.25) is 0 Å². The minimum Gasteiger partial charge on any atom is -0.241 e. The van der Waals surface area contributed by atoms with Crippen molar-refractivity contribution in [2.45, 2.75) is 34.6 Å². The molecule has 1 heterocycles. The van der Waals surface area contributed by atoms with Crippen LogP contribution in [0.3, 0.4) is 0 Å². The summed E-state index contributed by atoms with van der Waals surface area (Å²) < 4.78 is 0. The standard InChI is InChI=1S/C9H8N2.2C2H6/c1-7-10-6-8-4-2-3-5-9(8)11-7;2*1-2/h2-6H,1H3;2*1-2H3. The lowest BCUT2D eigenvalue weighted by atomic mass is 10.2. The van der Waals surface area contributed by atoms with Crippen LogP contribution in [0.2, 0.25) is 0 Å². The number of benzene rings is 1. The summed E-state index contributed by atoms with van der Waals surface area (Å²) in [5.74, 6) is 0.823. The fraction of sp³-hybridized carbons (Fsp3) is 0.385. The highest BCUT2D eigenvalue weighted by molar-refractivity contribution is 5.77. The molecule has 2 aromatic rings. The van der Waals surface area contributed by atoms with E-state index in [9.17, 15) is 0 Å². The second kappa shape index (κ2) is 7.92. The van der Waals surface area contributed by atoms with E-state index in [0.29, 0.717) is 0 Å². The Bertz CT molecular complexity index is 383. The summed E-state index contributed by atoms with van der Waals surface area (Å²) in [4.78, 5) is 8.36. The lowest BCUT2D eigenvalue weighted by Gasteiger charge is -1.95. The first-order valence-corrected chi connectivity index (χ1v) is 5.55. The molecule has 0 unspecified atom stereocenters. The summed E-state index contributed by atoms with van der Waals surface area (Å²) in [6.07, 6.45) is 1.84. The summed E-state index contributed by atoms with van der Waals surface area (Å²) in [7, 11) is 0. The largest absolute Gasteiger partial charge is 0.241 e. The van der Waals surface area contributed by atoms with Crippen molar-refractivity contribution in [1.82, 2.24) is 9.97 Å². The number of aromatic nitrogens is 2. The number of fused-ring (bicyclic) bond motifs is 1. The zero-order chi connectivity index (χ0) is 11.7. The molecule has 82 valence electrons. The SMILES string of the molecule is CC.CC.Cc1ncc2ccccc2n1. The van der Waals surface area contributed by atoms with Crippen LogP contribution >= 0.6 is 0 Å². The molecule has 0 radical (unpaired) electrons. The van der Waals surface area contributed by atoms with E-state index in [1.165, 1.54) is 0 Å². The van der Waals surface area contributed by atoms with Crippen molar-refractivity contribution < 1.29 is 0 Å². The zero-order valence-corrected chi connectivity index (χ0v) is 10.3. The van der Waals surface area contributed by atoms with Crippen LogP contribution in [0.15, 0.2) is 30.5 Å². The van der Waals surface area contributed by atoms with Gasteiger partial charge in [-0.15, -0.1) is 0 Å². The van der Waals surface area contributed by atoms with Gasteiger partial charge in [0, 0.05) is 11.6 Å². The van der Waals surface area contributed by atoms with Crippen LogP contribution in [0, 0.1) is 6.92 Å². The second-order valence-electron chi connectivity index (χ2n) is 2.48. The number of hydrogen-bond donors (Lipinski definition) is 0. The van der Waals surface area contributed by atoms with Crippen LogP contribution in [0.5, 0.6) is 0 Å². The van der Waals surface area contributed by atoms with E-state index in [1.807, 2.05) is 65.1 Å². The lowest BCUT2D eigenvalue weighted by molar-refractivity contribution is 1.09. The van der Waals surface area contributed by atoms with E-state index < -0.39 is 0 Å². The van der Waals surface area contributed by atoms with Crippen molar-refractivity contribution in [1.29, 1.82) is 0 Å². The maximum absolute atomic E-state index is 4.26. The Morgan fingerprint density at radius 2 is 1.53 bits per heavy atom. The molecule has 0 spiro atoms. The topological polar surface area (TPSA) is 25.8 Å². The fourth-order valence-corrected chi connectivity index (χ4v) is 1.06. The molecule has 0 amide bonds. The fourth-order valence-electron chi connectivity index (χ4n) is 1.06. The van der Waals surface area contributed by atoms with Gasteiger partial charge >= 0.3 is 0 Å². The van der Waals surface area contributed by atoms with Gasteiger partial charge < -0.3 is 0 Å². The predicted molar refractivity (Wildman–Crippen MR) is 67.0 cm³/mol. The summed E-state index contributed by atoms with van der Waals surface area (Å²) in [6.45, 7) is 9.90. The molecule has 15 heavy (non-hydrogen) atoms. The van der Waals surface area contributed by atoms with E-state index in [1.54, 1.807) is 0 Å². The Kier molecular flexibility index (Phi) is 7.16. The van der Waals surface area contributed by atoms with Gasteiger partial charge in [0.25, 0.3) is 0 Å². The van der Waals surface area contributed by atoms with E-state index in [2.05, 4.69) is 9.97 Å². The Labute approximate surface area is 92.4 Å². The van der Waals surface area contributed by atoms with E-state index in [4.69, 9.17) is 0 Å². The summed E-state index contributed by atoms with van der Waals surface area (Å²) in [5.41, 5.74) is 1.01. The highest BCUT2D eigenvalue weighted by atomic mass is 14.9. The smallest absolute Gasteiger partial charge is 0.125 e. The normalized spacial score (nSPS) is 8.33. The van der Waals surface area contributed by atoms with Crippen molar-refractivity contribution in [2.75, 3.05) is 0 Å². The third kappa shape index (κ3) is 4.07. The molecule has 2 rings (SSSR count). The van der Waals surface area contributed by atoms with Gasteiger partial charge in [-0.3, -0.25) is 0 Å². The van der Waals surface area contributed by atoms with Crippen LogP contribution in [0.1, 0.15) is 33.5 Å². The number of aryl methyl sites for hydroxylation is 1. The van der Waals surface area contributed by atoms with Crippen molar-refractivity contribution >= 4 is 10.9 Å². The van der Waals surface area contributed by atoms with Crippen LogP contribution in [-0.2, 0) is 0 Å². The molecule has 0 aliphatic carbocycles. The van der Waals surface area contributed by atoms with Crippen LogP contribution in [0.4, 0.5) is 0 Å². The molecular formula is C13H20N2. The van der Waals surface area contributed by atoms with E-state index in [-0.39, 0.29) is 0 Å². The Hall–Kier alpha value is -1.44. The molecule has 1 aromatic carbocycles. The average Bonchev–Trinajstić information content (AvgIpc) is 2.34. The lowest BCUT2D eigenvalue weighted by Crippen LogP contribution is -1.86. The third-order valence-electron chi connectivity index (χ3n) is 1.61. The first-order chi connectivity index (χ1) is 7.36. The van der Waals surface area contributed by atoms with Crippen molar-refractivity contribution in [3.63, 3.8) is 0 Å². The molecule has 2 heteroatoms. The van der Waals surface area contributed by atoms with Gasteiger partial charge in [0.05, 0.1) is 5.52 Å². The molecule has 0 saturated heterocycles. The first-order valence-electron chi connectivity index (χ1n) is 5.55. The quantitative estimate of drug-likeness (QED) is 0.648. The Morgan fingerprint density at radius 1 is 0.933 bits per heavy atom. The highest BCUT2D eigenvalue weighted by Gasteiger charge is 1.92. The van der Waals surface area contributed by atoms with Gasteiger partial charge in [-0.05, 0) is 13.0 Å². The molecular weight excluding hydrogens is 184 g/mol. The molecule has 0 bridgehead atoms. The van der Waals surface area contributed by atoms with Crippen LogP contribution in [-0.4, -0.2) is 9.97 Å². The monoisotopic (exact) mass is 204 g/mol. The molecule has 0 atom stereocenters. The molecule has 1 aromatic heterocycles. The molecule has 0 fully saturated rings. The minimum absolute atomic E-state index is 0.823. The van der Waals surface area contributed by atoms with E-state index in [0.717, 1.165) is 16.7 Å². The Morgan fingerprint density at radius 3 is 2.20 bits per heavy atom. The maximum atomic E-state index is 4.26. The first kappa shape index (κ1) is 13.6. The third-order valence-corrected chi connectivity index (χ3v) is 1.61. The van der Waals surface area contributed by atoms with Crippen molar-refractivity contribution in [2.24, 2.45) is 0 Å². The molecule has 0 aliphatic rings. The van der Waals surface area contributed by atoms with E-state index >= 15 is 0 Å². The number of nitrogens with zero attached hydrogens (tertiary/aromatic N) is 2. The average molecular weight is 204 g/mol. The number of para-hydroxylation sites is 1. The number of hydrogen-bond acceptors (Lipinski definition) is 2. The molecule has 0 saturated carbocycles. The van der Waals surface area contributed by atoms with Crippen LogP contribution < -0.4 is 0 Å². The summed E-state index contributed by atoms with van der Waals surface area (Å²) in [5, 5.41) is 1.10. The minimum atomic E-state index is 0.823. The zero-order valence-electron chi connectivity index (χ0n) is 10.3. The van der Waals surface area contributed by atoms with Gasteiger partial charge in [0.15, 0.2) is 0 Å².